The summed E-state index contributed by atoms with van der Waals surface area (Å²) in [7, 11) is 0. The van der Waals surface area contributed by atoms with Crippen molar-refractivity contribution < 1.29 is 9.59 Å². The van der Waals surface area contributed by atoms with E-state index in [1.165, 1.54) is 0 Å². The number of hydrogen-bond donors (Lipinski definition) is 3. The predicted octanol–water partition coefficient (Wildman–Crippen LogP) is 2.53. The molecule has 26 heavy (non-hydrogen) atoms. The standard InChI is InChI=1S/C20H24ClN3O2/c1-20(2,22)13-23-19(26)17(12-14-6-4-3-5-7-14)24-18(25)15-8-10-16(21)11-9-15/h3-11,17H,12-13,22H2,1-2H3,(H,23,26)(H,24,25). The van der Waals surface area contributed by atoms with Crippen molar-refractivity contribution in [2.45, 2.75) is 31.8 Å². The zero-order chi connectivity index (χ0) is 19.2. The van der Waals surface area contributed by atoms with Gasteiger partial charge in [0.05, 0.1) is 0 Å². The Bertz CT molecular complexity index is 740. The molecule has 1 unspecified atom stereocenters. The molecule has 0 saturated carbocycles. The smallest absolute Gasteiger partial charge is 0.251 e. The van der Waals surface area contributed by atoms with Crippen LogP contribution < -0.4 is 16.4 Å². The van der Waals surface area contributed by atoms with Gasteiger partial charge in [-0.25, -0.2) is 0 Å². The SMILES string of the molecule is CC(C)(N)CNC(=O)C(Cc1ccccc1)NC(=O)c1ccc(Cl)cc1. The van der Waals surface area contributed by atoms with Gasteiger partial charge >= 0.3 is 0 Å². The largest absolute Gasteiger partial charge is 0.352 e. The molecular formula is C20H24ClN3O2. The number of amides is 2. The third-order valence-electron chi connectivity index (χ3n) is 3.73. The fraction of sp³-hybridized carbons (Fsp3) is 0.300. The van der Waals surface area contributed by atoms with E-state index in [9.17, 15) is 9.59 Å². The number of nitrogens with two attached hydrogens (primary N) is 1. The van der Waals surface area contributed by atoms with E-state index in [4.69, 9.17) is 17.3 Å². The van der Waals surface area contributed by atoms with E-state index in [2.05, 4.69) is 10.6 Å². The highest BCUT2D eigenvalue weighted by Gasteiger charge is 2.23. The van der Waals surface area contributed by atoms with Crippen LogP contribution in [0.1, 0.15) is 29.8 Å². The van der Waals surface area contributed by atoms with E-state index in [1.54, 1.807) is 24.3 Å². The van der Waals surface area contributed by atoms with E-state index in [0.717, 1.165) is 5.56 Å². The van der Waals surface area contributed by atoms with Crippen LogP contribution >= 0.6 is 11.6 Å². The summed E-state index contributed by atoms with van der Waals surface area (Å²) in [5.41, 5.74) is 6.79. The highest BCUT2D eigenvalue weighted by atomic mass is 35.5. The molecule has 2 aromatic rings. The van der Waals surface area contributed by atoms with Gasteiger partial charge < -0.3 is 16.4 Å². The topological polar surface area (TPSA) is 84.2 Å². The molecule has 2 aromatic carbocycles. The minimum absolute atomic E-state index is 0.269. The molecule has 2 rings (SSSR count). The minimum atomic E-state index is -0.706. The summed E-state index contributed by atoms with van der Waals surface area (Å²) >= 11 is 5.86. The fourth-order valence-electron chi connectivity index (χ4n) is 2.34. The number of halogens is 1. The van der Waals surface area contributed by atoms with Crippen LogP contribution in [0.15, 0.2) is 54.6 Å². The number of nitrogens with one attached hydrogen (secondary N) is 2. The molecule has 0 aliphatic heterocycles. The lowest BCUT2D eigenvalue weighted by atomic mass is 10.0. The van der Waals surface area contributed by atoms with Gasteiger partial charge in [0, 0.05) is 29.1 Å². The molecule has 1 atom stereocenters. The minimum Gasteiger partial charge on any atom is -0.352 e. The lowest BCUT2D eigenvalue weighted by molar-refractivity contribution is -0.123. The lowest BCUT2D eigenvalue weighted by Crippen LogP contribution is -2.52. The molecular weight excluding hydrogens is 350 g/mol. The summed E-state index contributed by atoms with van der Waals surface area (Å²) in [6, 6.07) is 15.4. The van der Waals surface area contributed by atoms with Crippen LogP contribution in [0.4, 0.5) is 0 Å². The lowest BCUT2D eigenvalue weighted by Gasteiger charge is -2.23. The normalized spacial score (nSPS) is 12.3. The molecule has 0 saturated heterocycles. The maximum atomic E-state index is 12.6. The molecule has 6 heteroatoms. The van der Waals surface area contributed by atoms with E-state index in [-0.39, 0.29) is 11.8 Å². The van der Waals surface area contributed by atoms with Gasteiger partial charge in [-0.3, -0.25) is 9.59 Å². The highest BCUT2D eigenvalue weighted by molar-refractivity contribution is 6.30. The number of carbonyl (C=O) groups excluding carboxylic acids is 2. The Kier molecular flexibility index (Phi) is 6.77. The zero-order valence-corrected chi connectivity index (χ0v) is 15.7. The zero-order valence-electron chi connectivity index (χ0n) is 15.0. The third kappa shape index (κ3) is 6.50. The molecule has 4 N–H and O–H groups in total. The first kappa shape index (κ1) is 19.9. The molecule has 138 valence electrons. The van der Waals surface area contributed by atoms with Crippen LogP contribution in [0.3, 0.4) is 0 Å². The Hall–Kier alpha value is -2.37. The second kappa shape index (κ2) is 8.83. The van der Waals surface area contributed by atoms with Crippen LogP contribution in [0, 0.1) is 0 Å². The Morgan fingerprint density at radius 2 is 1.69 bits per heavy atom. The molecule has 0 aromatic heterocycles. The molecule has 0 radical (unpaired) electrons. The average molecular weight is 374 g/mol. The Balaban J connectivity index is 2.12. The van der Waals surface area contributed by atoms with Gasteiger partial charge in [-0.2, -0.15) is 0 Å². The number of hydrogen-bond acceptors (Lipinski definition) is 3. The quantitative estimate of drug-likeness (QED) is 0.697. The first-order valence-electron chi connectivity index (χ1n) is 8.41. The number of benzene rings is 2. The summed E-state index contributed by atoms with van der Waals surface area (Å²) < 4.78 is 0. The number of rotatable bonds is 7. The number of carbonyl (C=O) groups is 2. The average Bonchev–Trinajstić information content (AvgIpc) is 2.60. The van der Waals surface area contributed by atoms with Gasteiger partial charge in [0.15, 0.2) is 0 Å². The molecule has 2 amide bonds. The molecule has 0 spiro atoms. The van der Waals surface area contributed by atoms with Crippen molar-refractivity contribution in [3.05, 3.63) is 70.7 Å². The Morgan fingerprint density at radius 1 is 1.08 bits per heavy atom. The van der Waals surface area contributed by atoms with Crippen molar-refractivity contribution in [2.75, 3.05) is 6.54 Å². The van der Waals surface area contributed by atoms with Crippen LogP contribution in [0.5, 0.6) is 0 Å². The van der Waals surface area contributed by atoms with Crippen LogP contribution in [-0.2, 0) is 11.2 Å². The second-order valence-electron chi connectivity index (χ2n) is 6.93. The molecule has 0 aliphatic carbocycles. The van der Waals surface area contributed by atoms with E-state index < -0.39 is 11.6 Å². The molecule has 0 heterocycles. The van der Waals surface area contributed by atoms with Gasteiger partial charge in [-0.1, -0.05) is 41.9 Å². The maximum absolute atomic E-state index is 12.6. The van der Waals surface area contributed by atoms with Crippen LogP contribution in [-0.4, -0.2) is 29.9 Å². The molecule has 0 fully saturated rings. The molecule has 0 bridgehead atoms. The first-order valence-corrected chi connectivity index (χ1v) is 8.79. The van der Waals surface area contributed by atoms with Gasteiger partial charge in [0.1, 0.15) is 6.04 Å². The van der Waals surface area contributed by atoms with Crippen molar-refractivity contribution in [1.29, 1.82) is 0 Å². The predicted molar refractivity (Wildman–Crippen MR) is 104 cm³/mol. The molecule has 5 nitrogen and oxygen atoms in total. The van der Waals surface area contributed by atoms with Crippen LogP contribution in [0.2, 0.25) is 5.02 Å². The summed E-state index contributed by atoms with van der Waals surface area (Å²) in [5.74, 6) is -0.598. The Labute approximate surface area is 158 Å². The summed E-state index contributed by atoms with van der Waals surface area (Å²) in [6.07, 6.45) is 0.386. The maximum Gasteiger partial charge on any atom is 0.251 e. The molecule has 0 aliphatic rings. The van der Waals surface area contributed by atoms with Gasteiger partial charge in [-0.15, -0.1) is 0 Å². The van der Waals surface area contributed by atoms with Gasteiger partial charge in [0.2, 0.25) is 5.91 Å². The van der Waals surface area contributed by atoms with Crippen molar-refractivity contribution in [3.63, 3.8) is 0 Å². The Morgan fingerprint density at radius 3 is 2.27 bits per heavy atom. The van der Waals surface area contributed by atoms with Gasteiger partial charge in [0.25, 0.3) is 5.91 Å². The van der Waals surface area contributed by atoms with E-state index in [0.29, 0.717) is 23.6 Å². The fourth-order valence-corrected chi connectivity index (χ4v) is 2.47. The summed E-state index contributed by atoms with van der Waals surface area (Å²) in [4.78, 5) is 25.1. The van der Waals surface area contributed by atoms with Crippen LogP contribution in [0.25, 0.3) is 0 Å². The summed E-state index contributed by atoms with van der Waals surface area (Å²) in [6.45, 7) is 3.96. The summed E-state index contributed by atoms with van der Waals surface area (Å²) in [5, 5.41) is 6.16. The van der Waals surface area contributed by atoms with E-state index in [1.807, 2.05) is 44.2 Å². The van der Waals surface area contributed by atoms with Gasteiger partial charge in [-0.05, 0) is 43.7 Å². The highest BCUT2D eigenvalue weighted by Crippen LogP contribution is 2.10. The van der Waals surface area contributed by atoms with E-state index >= 15 is 0 Å². The third-order valence-corrected chi connectivity index (χ3v) is 3.98. The first-order chi connectivity index (χ1) is 12.2. The van der Waals surface area contributed by atoms with Crippen molar-refractivity contribution in [2.24, 2.45) is 5.73 Å². The second-order valence-corrected chi connectivity index (χ2v) is 7.37. The van der Waals surface area contributed by atoms with Crippen molar-refractivity contribution in [1.82, 2.24) is 10.6 Å². The monoisotopic (exact) mass is 373 g/mol. The van der Waals surface area contributed by atoms with Crippen molar-refractivity contribution in [3.8, 4) is 0 Å². The van der Waals surface area contributed by atoms with Crippen molar-refractivity contribution >= 4 is 23.4 Å².